The summed E-state index contributed by atoms with van der Waals surface area (Å²) < 4.78 is 4.99. The molecule has 0 saturated carbocycles. The summed E-state index contributed by atoms with van der Waals surface area (Å²) in [6.45, 7) is 1.27. The third-order valence-electron chi connectivity index (χ3n) is 2.48. The summed E-state index contributed by atoms with van der Waals surface area (Å²) in [4.78, 5) is 26.3. The Morgan fingerprint density at radius 2 is 2.27 bits per heavy atom. The molecule has 1 aliphatic heterocycles. The second-order valence-electron chi connectivity index (χ2n) is 3.52. The Kier molecular flexibility index (Phi) is 2.45. The van der Waals surface area contributed by atoms with Gasteiger partial charge in [-0.3, -0.25) is 9.59 Å². The fourth-order valence-corrected chi connectivity index (χ4v) is 1.49. The van der Waals surface area contributed by atoms with Crippen LogP contribution in [-0.2, 0) is 4.79 Å². The molecular formula is C10H12N2O3. The molecule has 1 aromatic rings. The highest BCUT2D eigenvalue weighted by molar-refractivity contribution is 5.94. The van der Waals surface area contributed by atoms with Gasteiger partial charge in [-0.05, 0) is 12.1 Å². The second kappa shape index (κ2) is 3.76. The molecule has 0 unspecified atom stereocenters. The first kappa shape index (κ1) is 9.76. The SMILES string of the molecule is CN1CCN(C(=O)c2ccco2)CC1=O. The Bertz CT molecular complexity index is 372. The van der Waals surface area contributed by atoms with E-state index in [4.69, 9.17) is 4.42 Å². The first-order valence-electron chi connectivity index (χ1n) is 4.75. The van der Waals surface area contributed by atoms with Crippen molar-refractivity contribution in [3.63, 3.8) is 0 Å². The van der Waals surface area contributed by atoms with E-state index in [1.165, 1.54) is 11.2 Å². The average Bonchev–Trinajstić information content (AvgIpc) is 2.74. The van der Waals surface area contributed by atoms with E-state index in [9.17, 15) is 9.59 Å². The lowest BCUT2D eigenvalue weighted by molar-refractivity contribution is -0.133. The lowest BCUT2D eigenvalue weighted by Gasteiger charge is -2.31. The zero-order valence-electron chi connectivity index (χ0n) is 8.47. The maximum Gasteiger partial charge on any atom is 0.290 e. The Balaban J connectivity index is 2.07. The standard InChI is InChI=1S/C10H12N2O3/c1-11-4-5-12(7-9(11)13)10(14)8-3-2-6-15-8/h2-3,6H,4-5,7H2,1H3. The molecule has 2 heterocycles. The van der Waals surface area contributed by atoms with E-state index in [1.54, 1.807) is 24.1 Å². The second-order valence-corrected chi connectivity index (χ2v) is 3.52. The molecule has 80 valence electrons. The molecule has 2 amide bonds. The van der Waals surface area contributed by atoms with Gasteiger partial charge >= 0.3 is 0 Å². The van der Waals surface area contributed by atoms with E-state index >= 15 is 0 Å². The number of carbonyl (C=O) groups is 2. The number of likely N-dealkylation sites (N-methyl/N-ethyl adjacent to an activating group) is 1. The van der Waals surface area contributed by atoms with Crippen molar-refractivity contribution >= 4 is 11.8 Å². The summed E-state index contributed by atoms with van der Waals surface area (Å²) >= 11 is 0. The van der Waals surface area contributed by atoms with Crippen LogP contribution in [0, 0.1) is 0 Å². The summed E-state index contributed by atoms with van der Waals surface area (Å²) in [5.74, 6) is 0.0231. The zero-order chi connectivity index (χ0) is 10.8. The van der Waals surface area contributed by atoms with Crippen molar-refractivity contribution in [2.24, 2.45) is 0 Å². The molecule has 5 nitrogen and oxygen atoms in total. The van der Waals surface area contributed by atoms with Crippen LogP contribution in [0.3, 0.4) is 0 Å². The van der Waals surface area contributed by atoms with Crippen LogP contribution in [0.25, 0.3) is 0 Å². The lowest BCUT2D eigenvalue weighted by Crippen LogP contribution is -2.50. The van der Waals surface area contributed by atoms with Gasteiger partial charge in [0.25, 0.3) is 5.91 Å². The molecule has 0 aromatic carbocycles. The normalized spacial score (nSPS) is 17.0. The van der Waals surface area contributed by atoms with Crippen molar-refractivity contribution in [2.75, 3.05) is 26.7 Å². The van der Waals surface area contributed by atoms with Crippen LogP contribution in [0.5, 0.6) is 0 Å². The van der Waals surface area contributed by atoms with E-state index in [0.717, 1.165) is 0 Å². The van der Waals surface area contributed by atoms with Gasteiger partial charge in [-0.15, -0.1) is 0 Å². The number of hydrogen-bond acceptors (Lipinski definition) is 3. The van der Waals surface area contributed by atoms with Crippen LogP contribution in [0.15, 0.2) is 22.8 Å². The highest BCUT2D eigenvalue weighted by Gasteiger charge is 2.26. The molecular weight excluding hydrogens is 196 g/mol. The number of carbonyl (C=O) groups excluding carboxylic acids is 2. The number of rotatable bonds is 1. The predicted octanol–water partition coefficient (Wildman–Crippen LogP) is 0.194. The maximum atomic E-state index is 11.8. The Labute approximate surface area is 87.3 Å². The van der Waals surface area contributed by atoms with Crippen molar-refractivity contribution in [1.82, 2.24) is 9.80 Å². The highest BCUT2D eigenvalue weighted by Crippen LogP contribution is 2.08. The molecule has 1 saturated heterocycles. The molecule has 1 fully saturated rings. The van der Waals surface area contributed by atoms with Crippen LogP contribution in [0.4, 0.5) is 0 Å². The van der Waals surface area contributed by atoms with Gasteiger partial charge < -0.3 is 14.2 Å². The topological polar surface area (TPSA) is 53.8 Å². The first-order valence-corrected chi connectivity index (χ1v) is 4.75. The molecule has 2 rings (SSSR count). The fourth-order valence-electron chi connectivity index (χ4n) is 1.49. The van der Waals surface area contributed by atoms with Crippen LogP contribution < -0.4 is 0 Å². The largest absolute Gasteiger partial charge is 0.459 e. The van der Waals surface area contributed by atoms with Crippen molar-refractivity contribution in [3.8, 4) is 0 Å². The quantitative estimate of drug-likeness (QED) is 0.662. The van der Waals surface area contributed by atoms with E-state index in [1.807, 2.05) is 0 Å². The molecule has 0 radical (unpaired) electrons. The molecule has 0 spiro atoms. The average molecular weight is 208 g/mol. The molecule has 1 aromatic heterocycles. The summed E-state index contributed by atoms with van der Waals surface area (Å²) in [7, 11) is 1.73. The third-order valence-corrected chi connectivity index (χ3v) is 2.48. The van der Waals surface area contributed by atoms with E-state index < -0.39 is 0 Å². The van der Waals surface area contributed by atoms with Crippen molar-refractivity contribution in [3.05, 3.63) is 24.2 Å². The molecule has 0 aliphatic carbocycles. The lowest BCUT2D eigenvalue weighted by atomic mass is 10.3. The van der Waals surface area contributed by atoms with E-state index in [-0.39, 0.29) is 24.1 Å². The molecule has 15 heavy (non-hydrogen) atoms. The van der Waals surface area contributed by atoms with Crippen LogP contribution in [0.2, 0.25) is 0 Å². The Morgan fingerprint density at radius 3 is 2.87 bits per heavy atom. The first-order chi connectivity index (χ1) is 7.18. The number of hydrogen-bond donors (Lipinski definition) is 0. The van der Waals surface area contributed by atoms with Gasteiger partial charge in [-0.2, -0.15) is 0 Å². The molecule has 0 N–H and O–H groups in total. The molecule has 0 bridgehead atoms. The minimum atomic E-state index is -0.221. The molecule has 0 atom stereocenters. The molecule has 1 aliphatic rings. The van der Waals surface area contributed by atoms with E-state index in [2.05, 4.69) is 0 Å². The van der Waals surface area contributed by atoms with Gasteiger partial charge in [0, 0.05) is 20.1 Å². The maximum absolute atomic E-state index is 11.8. The Morgan fingerprint density at radius 1 is 1.47 bits per heavy atom. The summed E-state index contributed by atoms with van der Waals surface area (Å²) in [6.07, 6.45) is 1.45. The highest BCUT2D eigenvalue weighted by atomic mass is 16.3. The predicted molar refractivity (Wildman–Crippen MR) is 52.2 cm³/mol. The van der Waals surface area contributed by atoms with Gasteiger partial charge in [0.15, 0.2) is 5.76 Å². The smallest absolute Gasteiger partial charge is 0.290 e. The molecule has 5 heteroatoms. The van der Waals surface area contributed by atoms with Gasteiger partial charge in [0.05, 0.1) is 6.26 Å². The summed E-state index contributed by atoms with van der Waals surface area (Å²) in [5.41, 5.74) is 0. The van der Waals surface area contributed by atoms with Gasteiger partial charge in [0.1, 0.15) is 6.54 Å². The summed E-state index contributed by atoms with van der Waals surface area (Å²) in [6, 6.07) is 3.26. The van der Waals surface area contributed by atoms with Crippen molar-refractivity contribution in [1.29, 1.82) is 0 Å². The van der Waals surface area contributed by atoms with Crippen LogP contribution in [0.1, 0.15) is 10.6 Å². The van der Waals surface area contributed by atoms with Crippen molar-refractivity contribution < 1.29 is 14.0 Å². The minimum Gasteiger partial charge on any atom is -0.459 e. The minimum absolute atomic E-state index is 0.0406. The fraction of sp³-hybridized carbons (Fsp3) is 0.400. The van der Waals surface area contributed by atoms with Gasteiger partial charge in [0.2, 0.25) is 5.91 Å². The van der Waals surface area contributed by atoms with Crippen LogP contribution >= 0.6 is 0 Å². The zero-order valence-corrected chi connectivity index (χ0v) is 8.47. The van der Waals surface area contributed by atoms with Gasteiger partial charge in [-0.1, -0.05) is 0 Å². The van der Waals surface area contributed by atoms with E-state index in [0.29, 0.717) is 13.1 Å². The van der Waals surface area contributed by atoms with Gasteiger partial charge in [-0.25, -0.2) is 0 Å². The summed E-state index contributed by atoms with van der Waals surface area (Å²) in [5, 5.41) is 0. The third kappa shape index (κ3) is 1.86. The number of furan rings is 1. The monoisotopic (exact) mass is 208 g/mol. The van der Waals surface area contributed by atoms with Crippen LogP contribution in [-0.4, -0.2) is 48.3 Å². The van der Waals surface area contributed by atoms with Crippen molar-refractivity contribution in [2.45, 2.75) is 0 Å². The Hall–Kier alpha value is -1.78. The number of piperazine rings is 1. The number of amides is 2. The number of nitrogens with zero attached hydrogens (tertiary/aromatic N) is 2.